The lowest BCUT2D eigenvalue weighted by Crippen LogP contribution is -2.52. The highest BCUT2D eigenvalue weighted by Crippen LogP contribution is 2.36. The first-order valence-corrected chi connectivity index (χ1v) is 15.0. The fourth-order valence-corrected chi connectivity index (χ4v) is 5.11. The topological polar surface area (TPSA) is 168 Å². The highest BCUT2D eigenvalue weighted by atomic mass is 16.6. The number of hydrogen-bond acceptors (Lipinski definition) is 9. The molecule has 1 fully saturated rings. The van der Waals surface area contributed by atoms with E-state index in [1.165, 1.54) is 4.90 Å². The minimum absolute atomic E-state index is 0.149. The highest BCUT2D eigenvalue weighted by Gasteiger charge is 2.39. The van der Waals surface area contributed by atoms with Crippen LogP contribution in [0.15, 0.2) is 40.6 Å². The average molecular weight is 621 g/mol. The van der Waals surface area contributed by atoms with Crippen LogP contribution in [0.25, 0.3) is 0 Å². The summed E-state index contributed by atoms with van der Waals surface area (Å²) >= 11 is 0. The van der Waals surface area contributed by atoms with E-state index in [4.69, 9.17) is 9.47 Å². The Kier molecular flexibility index (Phi) is 10.5. The summed E-state index contributed by atoms with van der Waals surface area (Å²) in [5.41, 5.74) is 3.33. The number of ether oxygens (including phenoxy) is 2. The first-order valence-electron chi connectivity index (χ1n) is 15.0. The number of carbonyl (C=O) groups is 5. The minimum atomic E-state index is -0.709. The number of aryl methyl sites for hydroxylation is 2. The zero-order chi connectivity index (χ0) is 32.7. The first kappa shape index (κ1) is 33.1. The summed E-state index contributed by atoms with van der Waals surface area (Å²) in [7, 11) is 0. The van der Waals surface area contributed by atoms with Crippen molar-refractivity contribution in [3.8, 4) is 5.75 Å². The lowest BCUT2D eigenvalue weighted by Gasteiger charge is -2.29. The van der Waals surface area contributed by atoms with Gasteiger partial charge in [0.1, 0.15) is 17.4 Å². The lowest BCUT2D eigenvalue weighted by molar-refractivity contribution is -0.137. The number of azo groups is 1. The number of amides is 5. The molecule has 0 saturated carbocycles. The molecule has 0 aromatic heterocycles. The van der Waals surface area contributed by atoms with Gasteiger partial charge in [-0.2, -0.15) is 5.11 Å². The molecule has 2 aromatic carbocycles. The fraction of sp³-hybridized carbons (Fsp3) is 0.469. The third-order valence-corrected chi connectivity index (χ3v) is 7.24. The Morgan fingerprint density at radius 2 is 1.71 bits per heavy atom. The molecule has 5 amide bonds. The number of nitrogens with one attached hydrogen (secondary N) is 3. The Labute approximate surface area is 262 Å². The molecule has 4 rings (SSSR count). The Bertz CT molecular complexity index is 1490. The van der Waals surface area contributed by atoms with Crippen LogP contribution < -0.4 is 20.7 Å². The third kappa shape index (κ3) is 8.87. The van der Waals surface area contributed by atoms with E-state index in [0.717, 1.165) is 11.1 Å². The van der Waals surface area contributed by atoms with E-state index in [2.05, 4.69) is 26.2 Å². The largest absolute Gasteiger partial charge is 0.484 e. The van der Waals surface area contributed by atoms with Gasteiger partial charge in [-0.15, -0.1) is 5.11 Å². The number of imide groups is 1. The summed E-state index contributed by atoms with van der Waals surface area (Å²) in [5, 5.41) is 16.7. The molecule has 1 saturated heterocycles. The van der Waals surface area contributed by atoms with E-state index in [9.17, 15) is 24.0 Å². The molecule has 2 aliphatic heterocycles. The number of rotatable bonds is 11. The average Bonchev–Trinajstić information content (AvgIpc) is 3.29. The van der Waals surface area contributed by atoms with Crippen LogP contribution >= 0.6 is 0 Å². The van der Waals surface area contributed by atoms with Crippen LogP contribution in [-0.2, 0) is 25.7 Å². The Morgan fingerprint density at radius 3 is 2.38 bits per heavy atom. The van der Waals surface area contributed by atoms with E-state index < -0.39 is 23.6 Å². The van der Waals surface area contributed by atoms with Crippen molar-refractivity contribution in [2.75, 3.05) is 19.7 Å². The molecule has 1 atom stereocenters. The van der Waals surface area contributed by atoms with Crippen molar-refractivity contribution in [3.05, 3.63) is 52.6 Å². The summed E-state index contributed by atoms with van der Waals surface area (Å²) in [5.74, 6) is -0.811. The van der Waals surface area contributed by atoms with Gasteiger partial charge in [0.15, 0.2) is 6.61 Å². The standard InChI is InChI=1S/C32H40N6O7/c1-19-15-21(44-18-27(40)33-13-6-7-14-34-31(43)45-32(3,4)5)16-20(2)28(19)37-36-24-10-8-9-22-23(24)17-38(30(22)42)25-11-12-26(39)35-29(25)41/h8-10,15-16,25H,6-7,11-14,17-18H2,1-5H3,(H,33,40)(H,34,43)(H,35,39,41). The number of carbonyl (C=O) groups excluding carboxylic acids is 5. The van der Waals surface area contributed by atoms with Crippen LogP contribution in [0.5, 0.6) is 5.75 Å². The fourth-order valence-electron chi connectivity index (χ4n) is 5.11. The molecule has 0 spiro atoms. The van der Waals surface area contributed by atoms with Crippen molar-refractivity contribution < 1.29 is 33.4 Å². The van der Waals surface area contributed by atoms with E-state index >= 15 is 0 Å². The van der Waals surface area contributed by atoms with Crippen molar-refractivity contribution in [2.24, 2.45) is 10.2 Å². The summed E-state index contributed by atoms with van der Waals surface area (Å²) in [6, 6.07) is 8.04. The van der Waals surface area contributed by atoms with Crippen molar-refractivity contribution in [1.82, 2.24) is 20.9 Å². The molecule has 0 radical (unpaired) electrons. The van der Waals surface area contributed by atoms with E-state index in [-0.39, 0.29) is 43.7 Å². The molecule has 45 heavy (non-hydrogen) atoms. The van der Waals surface area contributed by atoms with Crippen LogP contribution in [0.4, 0.5) is 16.2 Å². The molecule has 2 aromatic rings. The number of benzene rings is 2. The van der Waals surface area contributed by atoms with Gasteiger partial charge in [0.2, 0.25) is 11.8 Å². The van der Waals surface area contributed by atoms with Gasteiger partial charge in [0, 0.05) is 37.2 Å². The second-order valence-electron chi connectivity index (χ2n) is 12.1. The molecule has 2 heterocycles. The molecule has 2 aliphatic rings. The number of unbranched alkanes of at least 4 members (excludes halogenated alkanes) is 1. The van der Waals surface area contributed by atoms with Crippen LogP contribution in [0, 0.1) is 13.8 Å². The van der Waals surface area contributed by atoms with E-state index in [1.807, 2.05) is 13.8 Å². The predicted molar refractivity (Wildman–Crippen MR) is 165 cm³/mol. The second kappa shape index (κ2) is 14.3. The molecular weight excluding hydrogens is 580 g/mol. The maximum Gasteiger partial charge on any atom is 0.407 e. The van der Waals surface area contributed by atoms with Crippen LogP contribution in [-0.4, -0.2) is 66.0 Å². The number of piperidine rings is 1. The summed E-state index contributed by atoms with van der Waals surface area (Å²) in [6.07, 6.45) is 1.38. The summed E-state index contributed by atoms with van der Waals surface area (Å²) < 4.78 is 10.9. The normalized spacial score (nSPS) is 16.4. The van der Waals surface area contributed by atoms with Gasteiger partial charge >= 0.3 is 6.09 Å². The van der Waals surface area contributed by atoms with Crippen molar-refractivity contribution in [3.63, 3.8) is 0 Å². The summed E-state index contributed by atoms with van der Waals surface area (Å²) in [6.45, 7) is 10.1. The first-order chi connectivity index (χ1) is 21.3. The van der Waals surface area contributed by atoms with Crippen LogP contribution in [0.3, 0.4) is 0 Å². The maximum atomic E-state index is 13.1. The number of fused-ring (bicyclic) bond motifs is 1. The minimum Gasteiger partial charge on any atom is -0.484 e. The molecule has 0 bridgehead atoms. The third-order valence-electron chi connectivity index (χ3n) is 7.24. The SMILES string of the molecule is Cc1cc(OCC(=O)NCCCCNC(=O)OC(C)(C)C)cc(C)c1N=Nc1cccc2c1CN(C1CCC(=O)NC1=O)C2=O. The molecular formula is C32H40N6O7. The zero-order valence-electron chi connectivity index (χ0n) is 26.3. The van der Waals surface area contributed by atoms with Gasteiger partial charge in [-0.05, 0) is 89.3 Å². The molecule has 240 valence electrons. The van der Waals surface area contributed by atoms with Gasteiger partial charge in [-0.3, -0.25) is 24.5 Å². The molecule has 0 aliphatic carbocycles. The number of hydrogen-bond donors (Lipinski definition) is 3. The molecule has 1 unspecified atom stereocenters. The van der Waals surface area contributed by atoms with E-state index in [0.29, 0.717) is 54.2 Å². The lowest BCUT2D eigenvalue weighted by atomic mass is 10.0. The van der Waals surface area contributed by atoms with Crippen molar-refractivity contribution in [1.29, 1.82) is 0 Å². The number of nitrogens with zero attached hydrogens (tertiary/aromatic N) is 3. The van der Waals surface area contributed by atoms with Gasteiger partial charge in [0.05, 0.1) is 11.4 Å². The monoisotopic (exact) mass is 620 g/mol. The van der Waals surface area contributed by atoms with Crippen molar-refractivity contribution >= 4 is 41.1 Å². The smallest absolute Gasteiger partial charge is 0.407 e. The van der Waals surface area contributed by atoms with Gasteiger partial charge in [-0.25, -0.2) is 4.79 Å². The van der Waals surface area contributed by atoms with E-state index in [1.54, 1.807) is 51.1 Å². The highest BCUT2D eigenvalue weighted by molar-refractivity contribution is 6.06. The van der Waals surface area contributed by atoms with Crippen molar-refractivity contribution in [2.45, 2.75) is 78.5 Å². The number of alkyl carbamates (subject to hydrolysis) is 1. The quantitative estimate of drug-likeness (QED) is 0.191. The van der Waals surface area contributed by atoms with Gasteiger partial charge < -0.3 is 25.0 Å². The second-order valence-corrected chi connectivity index (χ2v) is 12.1. The Hall–Kier alpha value is -4.81. The zero-order valence-corrected chi connectivity index (χ0v) is 26.3. The van der Waals surface area contributed by atoms with Gasteiger partial charge in [0.25, 0.3) is 11.8 Å². The molecule has 3 N–H and O–H groups in total. The van der Waals surface area contributed by atoms with Crippen LogP contribution in [0.2, 0.25) is 0 Å². The van der Waals surface area contributed by atoms with Gasteiger partial charge in [-0.1, -0.05) is 6.07 Å². The van der Waals surface area contributed by atoms with Crippen LogP contribution in [0.1, 0.15) is 73.5 Å². The predicted octanol–water partition coefficient (Wildman–Crippen LogP) is 4.28. The Morgan fingerprint density at radius 1 is 1.02 bits per heavy atom. The Balaban J connectivity index is 1.28. The summed E-state index contributed by atoms with van der Waals surface area (Å²) in [4.78, 5) is 62.4. The maximum absolute atomic E-state index is 13.1. The molecule has 13 heteroatoms. The molecule has 13 nitrogen and oxygen atoms in total.